The Morgan fingerprint density at radius 3 is 2.35 bits per heavy atom. The number of benzene rings is 1. The quantitative estimate of drug-likeness (QED) is 0.831. The fourth-order valence-electron chi connectivity index (χ4n) is 2.35. The van der Waals surface area contributed by atoms with Crippen LogP contribution < -0.4 is 5.32 Å². The maximum Gasteiger partial charge on any atom is 0.244 e. The molecule has 0 aliphatic carbocycles. The predicted molar refractivity (Wildman–Crippen MR) is 95.0 cm³/mol. The summed E-state index contributed by atoms with van der Waals surface area (Å²) in [5.74, 6) is -0.343. The fourth-order valence-corrected chi connectivity index (χ4v) is 2.72. The van der Waals surface area contributed by atoms with Crippen LogP contribution in [0.3, 0.4) is 0 Å². The van der Waals surface area contributed by atoms with Gasteiger partial charge in [-0.3, -0.25) is 9.59 Å². The number of anilines is 1. The second-order valence-corrected chi connectivity index (χ2v) is 6.49. The van der Waals surface area contributed by atoms with E-state index in [1.807, 2.05) is 45.0 Å². The maximum absolute atomic E-state index is 12.2. The van der Waals surface area contributed by atoms with Crippen LogP contribution in [0.4, 0.5) is 5.69 Å². The van der Waals surface area contributed by atoms with Crippen LogP contribution in [0, 0.1) is 13.8 Å². The highest BCUT2D eigenvalue weighted by molar-refractivity contribution is 6.34. The number of hydrogen-bond acceptors (Lipinski definition) is 3. The van der Waals surface area contributed by atoms with Crippen molar-refractivity contribution in [1.82, 2.24) is 9.80 Å². The van der Waals surface area contributed by atoms with Crippen molar-refractivity contribution in [2.75, 3.05) is 39.0 Å². The van der Waals surface area contributed by atoms with Crippen LogP contribution in [-0.2, 0) is 9.59 Å². The summed E-state index contributed by atoms with van der Waals surface area (Å²) in [7, 11) is 3.96. The van der Waals surface area contributed by atoms with Crippen molar-refractivity contribution in [1.29, 1.82) is 0 Å². The molecule has 2 amide bonds. The molecular weight excluding hydrogens is 314 g/mol. The molecular formula is C17H26ClN3O2. The average Bonchev–Trinajstić information content (AvgIpc) is 2.41. The molecule has 0 atom stereocenters. The van der Waals surface area contributed by atoms with Gasteiger partial charge in [0.2, 0.25) is 11.8 Å². The molecule has 0 saturated carbocycles. The number of amides is 2. The van der Waals surface area contributed by atoms with Gasteiger partial charge < -0.3 is 15.1 Å². The van der Waals surface area contributed by atoms with E-state index in [1.54, 1.807) is 4.90 Å². The van der Waals surface area contributed by atoms with E-state index in [4.69, 9.17) is 11.6 Å². The molecule has 1 aromatic carbocycles. The summed E-state index contributed by atoms with van der Waals surface area (Å²) in [5.41, 5.74) is 2.56. The van der Waals surface area contributed by atoms with Crippen LogP contribution >= 0.6 is 11.6 Å². The Morgan fingerprint density at radius 1 is 1.17 bits per heavy atom. The first-order chi connectivity index (χ1) is 10.7. The van der Waals surface area contributed by atoms with Gasteiger partial charge in [0, 0.05) is 13.5 Å². The van der Waals surface area contributed by atoms with Gasteiger partial charge in [-0.1, -0.05) is 17.7 Å². The van der Waals surface area contributed by atoms with Crippen molar-refractivity contribution >= 4 is 29.1 Å². The molecule has 5 nitrogen and oxygen atoms in total. The SMILES string of the molecule is CC(=O)N(CCCN(C)C)CC(=O)Nc1c(C)cc(C)cc1Cl. The van der Waals surface area contributed by atoms with Gasteiger partial charge in [-0.25, -0.2) is 0 Å². The largest absolute Gasteiger partial charge is 0.334 e. The molecule has 1 rings (SSSR count). The number of nitrogens with one attached hydrogen (secondary N) is 1. The van der Waals surface area contributed by atoms with Crippen LogP contribution in [0.25, 0.3) is 0 Å². The molecule has 0 aliphatic rings. The van der Waals surface area contributed by atoms with E-state index in [0.717, 1.165) is 24.1 Å². The van der Waals surface area contributed by atoms with Gasteiger partial charge in [0.05, 0.1) is 17.3 Å². The second-order valence-electron chi connectivity index (χ2n) is 6.08. The van der Waals surface area contributed by atoms with Crippen LogP contribution in [-0.4, -0.2) is 55.3 Å². The van der Waals surface area contributed by atoms with Crippen molar-refractivity contribution in [3.63, 3.8) is 0 Å². The molecule has 1 aromatic rings. The molecule has 0 fully saturated rings. The monoisotopic (exact) mass is 339 g/mol. The summed E-state index contributed by atoms with van der Waals surface area (Å²) >= 11 is 6.20. The Labute approximate surface area is 143 Å². The zero-order valence-electron chi connectivity index (χ0n) is 14.6. The zero-order valence-corrected chi connectivity index (χ0v) is 15.3. The number of carbonyl (C=O) groups is 2. The molecule has 6 heteroatoms. The van der Waals surface area contributed by atoms with Gasteiger partial charge in [0.1, 0.15) is 0 Å². The third-order valence-corrected chi connectivity index (χ3v) is 3.81. The minimum atomic E-state index is -0.237. The third kappa shape index (κ3) is 6.59. The summed E-state index contributed by atoms with van der Waals surface area (Å²) in [6.45, 7) is 6.79. The van der Waals surface area contributed by atoms with E-state index >= 15 is 0 Å². The summed E-state index contributed by atoms with van der Waals surface area (Å²) < 4.78 is 0. The lowest BCUT2D eigenvalue weighted by molar-refractivity contribution is -0.132. The first kappa shape index (κ1) is 19.5. The molecule has 0 bridgehead atoms. The predicted octanol–water partition coefficient (Wildman–Crippen LogP) is 2.70. The van der Waals surface area contributed by atoms with E-state index in [2.05, 4.69) is 5.32 Å². The summed E-state index contributed by atoms with van der Waals surface area (Å²) in [5, 5.41) is 3.33. The number of carbonyl (C=O) groups excluding carboxylic acids is 2. The lowest BCUT2D eigenvalue weighted by Crippen LogP contribution is -2.38. The van der Waals surface area contributed by atoms with Crippen molar-refractivity contribution in [2.45, 2.75) is 27.2 Å². The molecule has 0 heterocycles. The van der Waals surface area contributed by atoms with Crippen molar-refractivity contribution in [2.24, 2.45) is 0 Å². The number of nitrogens with zero attached hydrogens (tertiary/aromatic N) is 2. The zero-order chi connectivity index (χ0) is 17.6. The van der Waals surface area contributed by atoms with Gasteiger partial charge in [-0.05, 0) is 58.1 Å². The van der Waals surface area contributed by atoms with Gasteiger partial charge in [-0.15, -0.1) is 0 Å². The molecule has 0 unspecified atom stereocenters. The first-order valence-electron chi connectivity index (χ1n) is 7.67. The third-order valence-electron chi connectivity index (χ3n) is 3.51. The van der Waals surface area contributed by atoms with Gasteiger partial charge in [0.15, 0.2) is 0 Å². The highest BCUT2D eigenvalue weighted by Gasteiger charge is 2.15. The number of halogens is 1. The van der Waals surface area contributed by atoms with Gasteiger partial charge in [0.25, 0.3) is 0 Å². The van der Waals surface area contributed by atoms with Gasteiger partial charge in [-0.2, -0.15) is 0 Å². The molecule has 0 saturated heterocycles. The van der Waals surface area contributed by atoms with Crippen LogP contribution in [0.2, 0.25) is 5.02 Å². The first-order valence-corrected chi connectivity index (χ1v) is 8.05. The highest BCUT2D eigenvalue weighted by Crippen LogP contribution is 2.27. The van der Waals surface area contributed by atoms with Gasteiger partial charge >= 0.3 is 0 Å². The summed E-state index contributed by atoms with van der Waals surface area (Å²) in [6.07, 6.45) is 0.824. The smallest absolute Gasteiger partial charge is 0.244 e. The number of hydrogen-bond donors (Lipinski definition) is 1. The van der Waals surface area contributed by atoms with E-state index in [-0.39, 0.29) is 18.4 Å². The molecule has 1 N–H and O–H groups in total. The van der Waals surface area contributed by atoms with E-state index in [9.17, 15) is 9.59 Å². The number of aryl methyl sites for hydroxylation is 2. The van der Waals surface area contributed by atoms with Crippen molar-refractivity contribution in [3.8, 4) is 0 Å². The molecule has 128 valence electrons. The molecule has 23 heavy (non-hydrogen) atoms. The minimum Gasteiger partial charge on any atom is -0.334 e. The minimum absolute atomic E-state index is 0.0341. The van der Waals surface area contributed by atoms with E-state index in [0.29, 0.717) is 17.3 Å². The van der Waals surface area contributed by atoms with Crippen LogP contribution in [0.1, 0.15) is 24.5 Å². The molecule has 0 aliphatic heterocycles. The fraction of sp³-hybridized carbons (Fsp3) is 0.529. The molecule has 0 aromatic heterocycles. The highest BCUT2D eigenvalue weighted by atomic mass is 35.5. The lowest BCUT2D eigenvalue weighted by atomic mass is 10.1. The standard InChI is InChI=1S/C17H26ClN3O2/c1-12-9-13(2)17(15(18)10-12)19-16(23)11-21(14(3)22)8-6-7-20(4)5/h9-10H,6-8,11H2,1-5H3,(H,19,23). The molecule has 0 spiro atoms. The maximum atomic E-state index is 12.2. The Hall–Kier alpha value is -1.59. The average molecular weight is 340 g/mol. The van der Waals surface area contributed by atoms with Crippen LogP contribution in [0.15, 0.2) is 12.1 Å². The Balaban J connectivity index is 2.68. The van der Waals surface area contributed by atoms with E-state index in [1.165, 1.54) is 6.92 Å². The van der Waals surface area contributed by atoms with Crippen LogP contribution in [0.5, 0.6) is 0 Å². The molecule has 0 radical (unpaired) electrons. The lowest BCUT2D eigenvalue weighted by Gasteiger charge is -2.22. The Kier molecular flexibility index (Phi) is 7.52. The summed E-state index contributed by atoms with van der Waals surface area (Å²) in [6, 6.07) is 3.77. The van der Waals surface area contributed by atoms with Crippen molar-refractivity contribution < 1.29 is 9.59 Å². The summed E-state index contributed by atoms with van der Waals surface area (Å²) in [4.78, 5) is 27.5. The normalized spacial score (nSPS) is 10.7. The Bertz CT molecular complexity index is 550. The topological polar surface area (TPSA) is 52.7 Å². The van der Waals surface area contributed by atoms with E-state index < -0.39 is 0 Å². The van der Waals surface area contributed by atoms with Crippen molar-refractivity contribution in [3.05, 3.63) is 28.3 Å². The Morgan fingerprint density at radius 2 is 1.83 bits per heavy atom. The number of rotatable bonds is 7. The second kappa shape index (κ2) is 8.89.